The molecule has 1 heterocycles. The first-order valence-corrected chi connectivity index (χ1v) is 15.6. The van der Waals surface area contributed by atoms with E-state index in [1.54, 1.807) is 52.6 Å². The van der Waals surface area contributed by atoms with Gasteiger partial charge >= 0.3 is 179 Å². The molecule has 6 nitrogen and oxygen atoms in total. The molecule has 0 fully saturated rings. The van der Waals surface area contributed by atoms with E-state index >= 15 is 0 Å². The standard InChI is InChI=1S/C25H28INO5S/c1-18(2)32-21-9-11-22(12-10-21)33(30,31)27(4)24-13-8-19(3)17-23(24)25(28)20-7-5-6-15-26(29)16-14-20/h5-14,16-18,29H,15H2,1-4H3. The maximum absolute atomic E-state index is 13.4. The Balaban J connectivity index is 1.99. The third-order valence-corrected chi connectivity index (χ3v) is 9.29. The van der Waals surface area contributed by atoms with Crippen LogP contribution in [0.5, 0.6) is 5.75 Å². The summed E-state index contributed by atoms with van der Waals surface area (Å²) in [5.41, 5.74) is 1.80. The fraction of sp³-hybridized carbons (Fsp3) is 0.240. The average Bonchev–Trinajstić information content (AvgIpc) is 2.75. The van der Waals surface area contributed by atoms with Crippen molar-refractivity contribution >= 4 is 41.7 Å². The van der Waals surface area contributed by atoms with Crippen molar-refractivity contribution in [3.63, 3.8) is 0 Å². The zero-order valence-corrected chi connectivity index (χ0v) is 22.0. The molecule has 1 N–H and O–H groups in total. The summed E-state index contributed by atoms with van der Waals surface area (Å²) in [6.07, 6.45) is 6.92. The van der Waals surface area contributed by atoms with Crippen molar-refractivity contribution in [1.82, 2.24) is 0 Å². The summed E-state index contributed by atoms with van der Waals surface area (Å²) in [5.74, 6) is 0.281. The van der Waals surface area contributed by atoms with E-state index in [0.29, 0.717) is 15.8 Å². The van der Waals surface area contributed by atoms with Crippen LogP contribution in [0.2, 0.25) is 0 Å². The van der Waals surface area contributed by atoms with Crippen molar-refractivity contribution in [3.8, 4) is 5.75 Å². The van der Waals surface area contributed by atoms with Crippen LogP contribution in [0.15, 0.2) is 81.3 Å². The Kier molecular flexibility index (Phi) is 8.14. The van der Waals surface area contributed by atoms with Gasteiger partial charge in [-0.2, -0.15) is 0 Å². The van der Waals surface area contributed by atoms with E-state index in [9.17, 15) is 16.6 Å². The number of ether oxygens (including phenoxy) is 1. The second kappa shape index (κ2) is 10.7. The summed E-state index contributed by atoms with van der Waals surface area (Å²) in [5, 5.41) is 0. The number of hydrogen-bond donors (Lipinski definition) is 1. The maximum atomic E-state index is 13.4. The molecule has 33 heavy (non-hydrogen) atoms. The predicted molar refractivity (Wildman–Crippen MR) is 141 cm³/mol. The van der Waals surface area contributed by atoms with E-state index in [0.717, 1.165) is 9.87 Å². The molecule has 0 atom stereocenters. The SMILES string of the molecule is Cc1ccc(N(C)S(=O)(=O)c2ccc(OC(C)C)cc2)c(C(=O)C2=CC=CCI(O)C=C2)c1. The van der Waals surface area contributed by atoms with Crippen LogP contribution in [0.1, 0.15) is 29.8 Å². The minimum atomic E-state index is -3.92. The predicted octanol–water partition coefficient (Wildman–Crippen LogP) is 5.21. The van der Waals surface area contributed by atoms with Gasteiger partial charge in [0.15, 0.2) is 0 Å². The Morgan fingerprint density at radius 1 is 1.15 bits per heavy atom. The Labute approximate surface area is 203 Å². The molecule has 0 saturated carbocycles. The zero-order chi connectivity index (χ0) is 24.2. The molecule has 3 rings (SSSR count). The van der Waals surface area contributed by atoms with E-state index < -0.39 is 30.3 Å². The second-order valence-electron chi connectivity index (χ2n) is 7.83. The van der Waals surface area contributed by atoms with Gasteiger partial charge in [-0.05, 0) is 13.8 Å². The molecule has 176 valence electrons. The summed E-state index contributed by atoms with van der Waals surface area (Å²) in [4.78, 5) is 13.5. The van der Waals surface area contributed by atoms with Crippen LogP contribution in [0.25, 0.3) is 0 Å². The molecular weight excluding hydrogens is 553 g/mol. The number of ketones is 1. The first-order chi connectivity index (χ1) is 15.6. The molecule has 0 unspecified atom stereocenters. The number of alkyl halides is 1. The van der Waals surface area contributed by atoms with Gasteiger partial charge < -0.3 is 4.74 Å². The fourth-order valence-corrected chi connectivity index (χ4v) is 6.35. The van der Waals surface area contributed by atoms with Crippen molar-refractivity contribution in [2.75, 3.05) is 15.8 Å². The van der Waals surface area contributed by atoms with Gasteiger partial charge in [-0.3, -0.25) is 0 Å². The molecule has 0 spiro atoms. The van der Waals surface area contributed by atoms with E-state index in [2.05, 4.69) is 0 Å². The van der Waals surface area contributed by atoms with Crippen molar-refractivity contribution in [3.05, 3.63) is 87.6 Å². The number of allylic oxidation sites excluding steroid dienone is 5. The molecular formula is C25H28INO5S. The molecule has 2 aromatic carbocycles. The van der Waals surface area contributed by atoms with Crippen molar-refractivity contribution < 1.29 is 21.4 Å². The van der Waals surface area contributed by atoms with Gasteiger partial charge in [0.2, 0.25) is 0 Å². The number of carbonyl (C=O) groups is 1. The summed E-state index contributed by atoms with van der Waals surface area (Å²) in [6, 6.07) is 11.3. The monoisotopic (exact) mass is 581 g/mol. The summed E-state index contributed by atoms with van der Waals surface area (Å²) >= 11 is -2.22. The van der Waals surface area contributed by atoms with Crippen LogP contribution in [0.3, 0.4) is 0 Å². The summed E-state index contributed by atoms with van der Waals surface area (Å²) < 4.78 is 45.8. The molecule has 2 aromatic rings. The number of hydrogen-bond acceptors (Lipinski definition) is 5. The van der Waals surface area contributed by atoms with Crippen LogP contribution in [0, 0.1) is 6.92 Å². The van der Waals surface area contributed by atoms with Gasteiger partial charge in [0.05, 0.1) is 6.10 Å². The van der Waals surface area contributed by atoms with Gasteiger partial charge in [-0.15, -0.1) is 0 Å². The van der Waals surface area contributed by atoms with Gasteiger partial charge in [0.25, 0.3) is 0 Å². The van der Waals surface area contributed by atoms with Crippen LogP contribution in [-0.4, -0.2) is 35.2 Å². The second-order valence-corrected chi connectivity index (χ2v) is 13.5. The zero-order valence-electron chi connectivity index (χ0n) is 19.0. The number of sulfonamides is 1. The summed E-state index contributed by atoms with van der Waals surface area (Å²) in [6.45, 7) is 5.64. The van der Waals surface area contributed by atoms with Gasteiger partial charge in [-0.1, -0.05) is 0 Å². The van der Waals surface area contributed by atoms with Crippen LogP contribution < -0.4 is 9.04 Å². The fourth-order valence-electron chi connectivity index (χ4n) is 3.23. The first-order valence-electron chi connectivity index (χ1n) is 10.4. The number of carbonyl (C=O) groups excluding carboxylic acids is 1. The van der Waals surface area contributed by atoms with Crippen LogP contribution >= 0.6 is 20.2 Å². The number of anilines is 1. The normalized spacial score (nSPS) is 15.1. The molecule has 1 aliphatic rings. The van der Waals surface area contributed by atoms with Gasteiger partial charge in [-0.25, -0.2) is 0 Å². The topological polar surface area (TPSA) is 83.9 Å². The minimum absolute atomic E-state index is 0.0214. The molecule has 0 aliphatic carbocycles. The molecule has 0 bridgehead atoms. The van der Waals surface area contributed by atoms with Crippen molar-refractivity contribution in [1.29, 1.82) is 0 Å². The van der Waals surface area contributed by atoms with Gasteiger partial charge in [0, 0.05) is 0 Å². The third-order valence-electron chi connectivity index (χ3n) is 4.90. The number of rotatable bonds is 7. The number of aryl methyl sites for hydroxylation is 1. The Morgan fingerprint density at radius 2 is 1.85 bits per heavy atom. The van der Waals surface area contributed by atoms with Crippen LogP contribution in [0.4, 0.5) is 5.69 Å². The number of benzene rings is 2. The molecule has 0 saturated heterocycles. The van der Waals surface area contributed by atoms with Crippen molar-refractivity contribution in [2.45, 2.75) is 31.8 Å². The molecule has 0 aromatic heterocycles. The van der Waals surface area contributed by atoms with E-state index in [4.69, 9.17) is 4.74 Å². The molecule has 8 heteroatoms. The molecule has 0 radical (unpaired) electrons. The average molecular weight is 581 g/mol. The van der Waals surface area contributed by atoms with Gasteiger partial charge in [0.1, 0.15) is 0 Å². The third kappa shape index (κ3) is 6.13. The van der Waals surface area contributed by atoms with E-state index in [1.807, 2.05) is 26.8 Å². The van der Waals surface area contributed by atoms with Crippen LogP contribution in [-0.2, 0) is 10.0 Å². The Bertz CT molecular complexity index is 1210. The summed E-state index contributed by atoms with van der Waals surface area (Å²) in [7, 11) is -2.48. The Hall–Kier alpha value is -2.43. The number of Topliss-reactive ketones (excluding diaryl/α,β-unsaturated/α-hetero) is 1. The quantitative estimate of drug-likeness (QED) is 0.276. The Morgan fingerprint density at radius 3 is 2.52 bits per heavy atom. The number of halogens is 1. The van der Waals surface area contributed by atoms with E-state index in [-0.39, 0.29) is 28.0 Å². The molecule has 1 aliphatic heterocycles. The van der Waals surface area contributed by atoms with E-state index in [1.165, 1.54) is 19.2 Å². The first kappa shape index (κ1) is 25.2. The van der Waals surface area contributed by atoms with Crippen molar-refractivity contribution in [2.24, 2.45) is 0 Å². The molecule has 0 amide bonds. The number of nitrogens with zero attached hydrogens (tertiary/aromatic N) is 1.